The van der Waals surface area contributed by atoms with E-state index in [1.807, 2.05) is 0 Å². The van der Waals surface area contributed by atoms with E-state index in [1.54, 1.807) is 0 Å². The molecule has 18 heavy (non-hydrogen) atoms. The van der Waals surface area contributed by atoms with E-state index in [0.29, 0.717) is 0 Å². The molecule has 0 aliphatic carbocycles. The van der Waals surface area contributed by atoms with Gasteiger partial charge in [-0.15, -0.1) is 0 Å². The largest absolute Gasteiger partial charge is 0.479 e. The topological polar surface area (TPSA) is 66.4 Å². The maximum atomic E-state index is 12.6. The highest BCUT2D eigenvalue weighted by atomic mass is 19.4. The van der Waals surface area contributed by atoms with Gasteiger partial charge in [0.15, 0.2) is 6.04 Å². The standard InChI is InChI=1S/C10H7F4NO3/c11-6-3-1-5(2-4-6)7(8(16)17)15-9(18)10(12,13)14/h1-4,7H,(H,15,18)(H,16,17)/t7-/m1/s1. The minimum absolute atomic E-state index is 0.165. The summed E-state index contributed by atoms with van der Waals surface area (Å²) in [7, 11) is 0. The van der Waals surface area contributed by atoms with Crippen molar-refractivity contribution in [2.45, 2.75) is 12.2 Å². The minimum Gasteiger partial charge on any atom is -0.479 e. The highest BCUT2D eigenvalue weighted by Crippen LogP contribution is 2.19. The minimum atomic E-state index is -5.19. The first kappa shape index (κ1) is 13.9. The molecule has 0 bridgehead atoms. The van der Waals surface area contributed by atoms with Gasteiger partial charge < -0.3 is 10.4 Å². The molecule has 0 aromatic heterocycles. The molecular formula is C10H7F4NO3. The van der Waals surface area contributed by atoms with Crippen LogP contribution in [0.25, 0.3) is 0 Å². The van der Waals surface area contributed by atoms with Crippen LogP contribution >= 0.6 is 0 Å². The number of halogens is 4. The van der Waals surface area contributed by atoms with Crippen LogP contribution in [0.15, 0.2) is 24.3 Å². The summed E-state index contributed by atoms with van der Waals surface area (Å²) in [5, 5.41) is 10.0. The average molecular weight is 265 g/mol. The fraction of sp³-hybridized carbons (Fsp3) is 0.200. The van der Waals surface area contributed by atoms with Gasteiger partial charge in [-0.3, -0.25) is 4.79 Å². The molecule has 1 rings (SSSR count). The molecule has 0 saturated carbocycles. The lowest BCUT2D eigenvalue weighted by molar-refractivity contribution is -0.175. The van der Waals surface area contributed by atoms with Crippen molar-refractivity contribution in [3.63, 3.8) is 0 Å². The molecule has 8 heteroatoms. The summed E-state index contributed by atoms with van der Waals surface area (Å²) < 4.78 is 48.6. The second kappa shape index (κ2) is 5.03. The van der Waals surface area contributed by atoms with E-state index < -0.39 is 29.9 Å². The normalized spacial score (nSPS) is 12.9. The highest BCUT2D eigenvalue weighted by molar-refractivity contribution is 5.87. The molecule has 98 valence electrons. The van der Waals surface area contributed by atoms with Crippen molar-refractivity contribution in [2.75, 3.05) is 0 Å². The van der Waals surface area contributed by atoms with E-state index in [4.69, 9.17) is 5.11 Å². The summed E-state index contributed by atoms with van der Waals surface area (Å²) in [6, 6.07) is 1.82. The summed E-state index contributed by atoms with van der Waals surface area (Å²) >= 11 is 0. The Labute approximate surface area is 98.2 Å². The van der Waals surface area contributed by atoms with E-state index in [2.05, 4.69) is 0 Å². The van der Waals surface area contributed by atoms with Crippen molar-refractivity contribution < 1.29 is 32.3 Å². The lowest BCUT2D eigenvalue weighted by Gasteiger charge is -2.15. The number of aliphatic carboxylic acids is 1. The third-order valence-electron chi connectivity index (χ3n) is 1.98. The van der Waals surface area contributed by atoms with Crippen molar-refractivity contribution in [2.24, 2.45) is 0 Å². The van der Waals surface area contributed by atoms with Gasteiger partial charge >= 0.3 is 18.1 Å². The molecule has 0 heterocycles. The van der Waals surface area contributed by atoms with Crippen LogP contribution in [0, 0.1) is 5.82 Å². The van der Waals surface area contributed by atoms with Crippen LogP contribution in [0.3, 0.4) is 0 Å². The zero-order chi connectivity index (χ0) is 13.9. The first-order chi connectivity index (χ1) is 8.21. The summed E-state index contributed by atoms with van der Waals surface area (Å²) in [6.07, 6.45) is -5.19. The van der Waals surface area contributed by atoms with Gasteiger partial charge in [0.05, 0.1) is 0 Å². The van der Waals surface area contributed by atoms with Gasteiger partial charge in [0.25, 0.3) is 0 Å². The molecule has 0 aliphatic heterocycles. The summed E-state index contributed by atoms with van der Waals surface area (Å²) in [5.41, 5.74) is -0.165. The number of amides is 1. The number of carbonyl (C=O) groups excluding carboxylic acids is 1. The van der Waals surface area contributed by atoms with Gasteiger partial charge in [0.2, 0.25) is 0 Å². The first-order valence-corrected chi connectivity index (χ1v) is 4.58. The van der Waals surface area contributed by atoms with Gasteiger partial charge in [0, 0.05) is 0 Å². The second-order valence-corrected chi connectivity index (χ2v) is 3.29. The molecule has 0 aliphatic rings. The maximum absolute atomic E-state index is 12.6. The van der Waals surface area contributed by atoms with E-state index in [1.165, 1.54) is 5.32 Å². The molecule has 2 N–H and O–H groups in total. The molecule has 1 amide bonds. The Bertz CT molecular complexity index is 455. The number of benzene rings is 1. The number of carbonyl (C=O) groups is 2. The van der Waals surface area contributed by atoms with Gasteiger partial charge in [-0.25, -0.2) is 9.18 Å². The van der Waals surface area contributed by atoms with Gasteiger partial charge in [0.1, 0.15) is 5.82 Å². The third kappa shape index (κ3) is 3.44. The van der Waals surface area contributed by atoms with Crippen LogP contribution in [-0.2, 0) is 9.59 Å². The van der Waals surface area contributed by atoms with E-state index >= 15 is 0 Å². The van der Waals surface area contributed by atoms with Crippen LogP contribution in [0.2, 0.25) is 0 Å². The van der Waals surface area contributed by atoms with Crippen molar-refractivity contribution in [3.05, 3.63) is 35.6 Å². The van der Waals surface area contributed by atoms with Crippen LogP contribution in [0.5, 0.6) is 0 Å². The second-order valence-electron chi connectivity index (χ2n) is 3.29. The van der Waals surface area contributed by atoms with Crippen LogP contribution in [0.4, 0.5) is 17.6 Å². The Morgan fingerprint density at radius 3 is 2.06 bits per heavy atom. The van der Waals surface area contributed by atoms with Crippen molar-refractivity contribution >= 4 is 11.9 Å². The summed E-state index contributed by atoms with van der Waals surface area (Å²) in [4.78, 5) is 21.4. The third-order valence-corrected chi connectivity index (χ3v) is 1.98. The van der Waals surface area contributed by atoms with Crippen molar-refractivity contribution in [3.8, 4) is 0 Å². The average Bonchev–Trinajstić information content (AvgIpc) is 2.25. The quantitative estimate of drug-likeness (QED) is 0.816. The molecule has 4 nitrogen and oxygen atoms in total. The predicted molar refractivity (Wildman–Crippen MR) is 51.0 cm³/mol. The highest BCUT2D eigenvalue weighted by Gasteiger charge is 2.41. The number of nitrogens with one attached hydrogen (secondary N) is 1. The molecule has 1 atom stereocenters. The number of rotatable bonds is 3. The van der Waals surface area contributed by atoms with Crippen LogP contribution in [-0.4, -0.2) is 23.2 Å². The molecule has 1 aromatic rings. The maximum Gasteiger partial charge on any atom is 0.471 e. The zero-order valence-corrected chi connectivity index (χ0v) is 8.66. The predicted octanol–water partition coefficient (Wildman–Crippen LogP) is 1.63. The Balaban J connectivity index is 2.94. The summed E-state index contributed by atoms with van der Waals surface area (Å²) in [5.74, 6) is -4.73. The Morgan fingerprint density at radius 2 is 1.67 bits per heavy atom. The monoisotopic (exact) mass is 265 g/mol. The molecular weight excluding hydrogens is 258 g/mol. The van der Waals surface area contributed by atoms with Gasteiger partial charge in [-0.05, 0) is 17.7 Å². The van der Waals surface area contributed by atoms with Crippen LogP contribution in [0.1, 0.15) is 11.6 Å². The molecule has 0 spiro atoms. The van der Waals surface area contributed by atoms with E-state index in [0.717, 1.165) is 24.3 Å². The van der Waals surface area contributed by atoms with Gasteiger partial charge in [-0.2, -0.15) is 13.2 Å². The fourth-order valence-electron chi connectivity index (χ4n) is 1.16. The SMILES string of the molecule is O=C(O)[C@H](NC(=O)C(F)(F)F)c1ccc(F)cc1. The molecule has 0 saturated heterocycles. The lowest BCUT2D eigenvalue weighted by Crippen LogP contribution is -2.41. The Morgan fingerprint density at radius 1 is 1.17 bits per heavy atom. The lowest BCUT2D eigenvalue weighted by atomic mass is 10.1. The smallest absolute Gasteiger partial charge is 0.471 e. The number of hydrogen-bond acceptors (Lipinski definition) is 2. The van der Waals surface area contributed by atoms with E-state index in [-0.39, 0.29) is 5.56 Å². The fourth-order valence-corrected chi connectivity index (χ4v) is 1.16. The van der Waals surface area contributed by atoms with Crippen molar-refractivity contribution in [1.82, 2.24) is 5.32 Å². The number of carboxylic acids is 1. The Hall–Kier alpha value is -2.12. The summed E-state index contributed by atoms with van der Waals surface area (Å²) in [6.45, 7) is 0. The number of alkyl halides is 3. The number of carboxylic acid groups (broad SMARTS) is 1. The first-order valence-electron chi connectivity index (χ1n) is 4.58. The molecule has 0 unspecified atom stereocenters. The molecule has 0 radical (unpaired) electrons. The Kier molecular flexibility index (Phi) is 3.89. The van der Waals surface area contributed by atoms with E-state index in [9.17, 15) is 27.2 Å². The van der Waals surface area contributed by atoms with Crippen molar-refractivity contribution in [1.29, 1.82) is 0 Å². The molecule has 1 aromatic carbocycles. The zero-order valence-electron chi connectivity index (χ0n) is 8.66. The van der Waals surface area contributed by atoms with Crippen LogP contribution < -0.4 is 5.32 Å². The number of hydrogen-bond donors (Lipinski definition) is 2. The van der Waals surface area contributed by atoms with Gasteiger partial charge in [-0.1, -0.05) is 12.1 Å². The molecule has 0 fully saturated rings.